The van der Waals surface area contributed by atoms with Crippen molar-refractivity contribution in [3.8, 4) is 0 Å². The van der Waals surface area contributed by atoms with Crippen molar-refractivity contribution in [1.82, 2.24) is 10.2 Å². The lowest BCUT2D eigenvalue weighted by Gasteiger charge is -2.38. The van der Waals surface area contributed by atoms with E-state index in [0.717, 1.165) is 45.3 Å². The molecule has 1 fully saturated rings. The minimum Gasteiger partial charge on any atom is -0.380 e. The SMILES string of the molecule is CC(C)COCCN1CCNCC1C(C)C. The topological polar surface area (TPSA) is 24.5 Å². The molecule has 1 atom stereocenters. The van der Waals surface area contributed by atoms with Gasteiger partial charge in [-0.2, -0.15) is 0 Å². The zero-order chi connectivity index (χ0) is 12.0. The van der Waals surface area contributed by atoms with Gasteiger partial charge < -0.3 is 10.1 Å². The van der Waals surface area contributed by atoms with Gasteiger partial charge in [-0.25, -0.2) is 0 Å². The van der Waals surface area contributed by atoms with Gasteiger partial charge >= 0.3 is 0 Å². The third-order valence-electron chi connectivity index (χ3n) is 3.14. The van der Waals surface area contributed by atoms with Crippen LogP contribution in [0.3, 0.4) is 0 Å². The zero-order valence-corrected chi connectivity index (χ0v) is 11.3. The number of rotatable bonds is 6. The van der Waals surface area contributed by atoms with Crippen molar-refractivity contribution >= 4 is 0 Å². The fourth-order valence-electron chi connectivity index (χ4n) is 2.20. The fraction of sp³-hybridized carbons (Fsp3) is 1.00. The summed E-state index contributed by atoms with van der Waals surface area (Å²) in [6.45, 7) is 15.3. The smallest absolute Gasteiger partial charge is 0.0593 e. The standard InChI is InChI=1S/C13H28N2O/c1-11(2)10-16-8-7-15-6-5-14-9-13(15)12(3)4/h11-14H,5-10H2,1-4H3. The van der Waals surface area contributed by atoms with Crippen molar-refractivity contribution in [1.29, 1.82) is 0 Å². The molecule has 16 heavy (non-hydrogen) atoms. The molecule has 0 aromatic heterocycles. The quantitative estimate of drug-likeness (QED) is 0.699. The van der Waals surface area contributed by atoms with Crippen molar-refractivity contribution < 1.29 is 4.74 Å². The second kappa shape index (κ2) is 7.25. The van der Waals surface area contributed by atoms with Crippen molar-refractivity contribution in [3.63, 3.8) is 0 Å². The van der Waals surface area contributed by atoms with Gasteiger partial charge in [0.25, 0.3) is 0 Å². The lowest BCUT2D eigenvalue weighted by Crippen LogP contribution is -2.54. The van der Waals surface area contributed by atoms with E-state index in [1.807, 2.05) is 0 Å². The summed E-state index contributed by atoms with van der Waals surface area (Å²) in [6.07, 6.45) is 0. The van der Waals surface area contributed by atoms with Crippen LogP contribution in [-0.4, -0.2) is 50.3 Å². The van der Waals surface area contributed by atoms with E-state index in [9.17, 15) is 0 Å². The minimum atomic E-state index is 0.643. The van der Waals surface area contributed by atoms with Crippen LogP contribution in [0.4, 0.5) is 0 Å². The molecule has 1 aliphatic heterocycles. The summed E-state index contributed by atoms with van der Waals surface area (Å²) in [5.74, 6) is 1.36. The van der Waals surface area contributed by atoms with Crippen LogP contribution in [0.25, 0.3) is 0 Å². The number of ether oxygens (including phenoxy) is 1. The Labute approximate surface area is 101 Å². The molecule has 3 heteroatoms. The van der Waals surface area contributed by atoms with Crippen LogP contribution < -0.4 is 5.32 Å². The lowest BCUT2D eigenvalue weighted by atomic mass is 10.0. The van der Waals surface area contributed by atoms with E-state index in [2.05, 4.69) is 37.9 Å². The Morgan fingerprint density at radius 2 is 2.06 bits per heavy atom. The highest BCUT2D eigenvalue weighted by molar-refractivity contribution is 4.81. The summed E-state index contributed by atoms with van der Waals surface area (Å²) in [4.78, 5) is 2.57. The van der Waals surface area contributed by atoms with Crippen molar-refractivity contribution in [2.45, 2.75) is 33.7 Å². The molecular weight excluding hydrogens is 200 g/mol. The van der Waals surface area contributed by atoms with Crippen LogP contribution in [0, 0.1) is 11.8 Å². The number of hydrogen-bond acceptors (Lipinski definition) is 3. The van der Waals surface area contributed by atoms with Gasteiger partial charge in [0.15, 0.2) is 0 Å². The van der Waals surface area contributed by atoms with Crippen LogP contribution in [0.2, 0.25) is 0 Å². The number of nitrogens with one attached hydrogen (secondary N) is 1. The molecule has 0 aromatic carbocycles. The zero-order valence-electron chi connectivity index (χ0n) is 11.3. The minimum absolute atomic E-state index is 0.643. The molecular formula is C13H28N2O. The van der Waals surface area contributed by atoms with Crippen molar-refractivity contribution in [3.05, 3.63) is 0 Å². The van der Waals surface area contributed by atoms with Crippen LogP contribution in [0.5, 0.6) is 0 Å². The first-order valence-corrected chi connectivity index (χ1v) is 6.63. The molecule has 1 aliphatic rings. The van der Waals surface area contributed by atoms with Gasteiger partial charge in [-0.3, -0.25) is 4.90 Å². The summed E-state index contributed by atoms with van der Waals surface area (Å²) >= 11 is 0. The molecule has 1 unspecified atom stereocenters. The Balaban J connectivity index is 2.22. The Morgan fingerprint density at radius 1 is 1.31 bits per heavy atom. The summed E-state index contributed by atoms with van der Waals surface area (Å²) in [5.41, 5.74) is 0. The molecule has 0 aromatic rings. The lowest BCUT2D eigenvalue weighted by molar-refractivity contribution is 0.0532. The number of nitrogens with zero attached hydrogens (tertiary/aromatic N) is 1. The summed E-state index contributed by atoms with van der Waals surface area (Å²) in [7, 11) is 0. The predicted octanol–water partition coefficient (Wildman–Crippen LogP) is 1.59. The highest BCUT2D eigenvalue weighted by Crippen LogP contribution is 2.12. The number of piperazine rings is 1. The maximum atomic E-state index is 5.66. The number of hydrogen-bond donors (Lipinski definition) is 1. The first kappa shape index (κ1) is 13.9. The first-order chi connectivity index (χ1) is 7.61. The van der Waals surface area contributed by atoms with Gasteiger partial charge in [-0.15, -0.1) is 0 Å². The summed E-state index contributed by atoms with van der Waals surface area (Å²) < 4.78 is 5.66. The average molecular weight is 228 g/mol. The molecule has 0 spiro atoms. The third kappa shape index (κ3) is 4.81. The van der Waals surface area contributed by atoms with E-state index in [-0.39, 0.29) is 0 Å². The molecule has 1 rings (SSSR count). The van der Waals surface area contributed by atoms with Gasteiger partial charge in [0.05, 0.1) is 6.61 Å². The van der Waals surface area contributed by atoms with Crippen LogP contribution in [0.1, 0.15) is 27.7 Å². The normalized spacial score (nSPS) is 23.2. The third-order valence-corrected chi connectivity index (χ3v) is 3.14. The molecule has 0 radical (unpaired) electrons. The highest BCUT2D eigenvalue weighted by atomic mass is 16.5. The first-order valence-electron chi connectivity index (χ1n) is 6.63. The molecule has 1 saturated heterocycles. The van der Waals surface area contributed by atoms with Crippen molar-refractivity contribution in [2.75, 3.05) is 39.4 Å². The van der Waals surface area contributed by atoms with Crippen molar-refractivity contribution in [2.24, 2.45) is 11.8 Å². The molecule has 96 valence electrons. The maximum absolute atomic E-state index is 5.66. The van der Waals surface area contributed by atoms with E-state index >= 15 is 0 Å². The predicted molar refractivity (Wildman–Crippen MR) is 68.7 cm³/mol. The fourth-order valence-corrected chi connectivity index (χ4v) is 2.20. The van der Waals surface area contributed by atoms with Crippen LogP contribution in [0.15, 0.2) is 0 Å². The molecule has 3 nitrogen and oxygen atoms in total. The largest absolute Gasteiger partial charge is 0.380 e. The van der Waals surface area contributed by atoms with Crippen LogP contribution >= 0.6 is 0 Å². The van der Waals surface area contributed by atoms with E-state index in [1.54, 1.807) is 0 Å². The molecule has 0 bridgehead atoms. The van der Waals surface area contributed by atoms with E-state index in [1.165, 1.54) is 0 Å². The van der Waals surface area contributed by atoms with E-state index < -0.39 is 0 Å². The van der Waals surface area contributed by atoms with Gasteiger partial charge in [-0.05, 0) is 11.8 Å². The Hall–Kier alpha value is -0.120. The Morgan fingerprint density at radius 3 is 2.69 bits per heavy atom. The monoisotopic (exact) mass is 228 g/mol. The molecule has 1 heterocycles. The molecule has 0 amide bonds. The maximum Gasteiger partial charge on any atom is 0.0593 e. The second-order valence-corrected chi connectivity index (χ2v) is 5.52. The summed E-state index contributed by atoms with van der Waals surface area (Å²) in [6, 6.07) is 0.677. The van der Waals surface area contributed by atoms with Gasteiger partial charge in [0, 0.05) is 38.8 Å². The molecule has 1 N–H and O–H groups in total. The highest BCUT2D eigenvalue weighted by Gasteiger charge is 2.24. The summed E-state index contributed by atoms with van der Waals surface area (Å²) in [5, 5.41) is 3.47. The molecule has 0 saturated carbocycles. The Kier molecular flexibility index (Phi) is 6.32. The van der Waals surface area contributed by atoms with Gasteiger partial charge in [0.2, 0.25) is 0 Å². The molecule has 0 aliphatic carbocycles. The second-order valence-electron chi connectivity index (χ2n) is 5.52. The Bertz CT molecular complexity index is 183. The van der Waals surface area contributed by atoms with E-state index in [4.69, 9.17) is 4.74 Å². The van der Waals surface area contributed by atoms with Gasteiger partial charge in [0.1, 0.15) is 0 Å². The van der Waals surface area contributed by atoms with E-state index in [0.29, 0.717) is 12.0 Å². The van der Waals surface area contributed by atoms with Crippen LogP contribution in [-0.2, 0) is 4.74 Å². The van der Waals surface area contributed by atoms with Gasteiger partial charge in [-0.1, -0.05) is 27.7 Å². The average Bonchev–Trinajstić information content (AvgIpc) is 2.24.